The highest BCUT2D eigenvalue weighted by molar-refractivity contribution is 6.02. The van der Waals surface area contributed by atoms with Gasteiger partial charge in [0, 0.05) is 37.6 Å². The third-order valence-corrected chi connectivity index (χ3v) is 4.74. The molecule has 0 radical (unpaired) electrons. The average Bonchev–Trinajstić information content (AvgIpc) is 3.24. The van der Waals surface area contributed by atoms with Gasteiger partial charge in [-0.05, 0) is 62.7 Å². The lowest BCUT2D eigenvalue weighted by molar-refractivity contribution is -0.117. The van der Waals surface area contributed by atoms with E-state index >= 15 is 0 Å². The number of carbonyl (C=O) groups excluding carboxylic acids is 1. The van der Waals surface area contributed by atoms with E-state index in [-0.39, 0.29) is 11.7 Å². The number of nitriles is 1. The highest BCUT2D eigenvalue weighted by atomic mass is 16.5. The Balaban J connectivity index is 1.97. The molecule has 0 fully saturated rings. The number of nitrogens with one attached hydrogen (secondary N) is 1. The van der Waals surface area contributed by atoms with Crippen LogP contribution in [0.5, 0.6) is 5.75 Å². The van der Waals surface area contributed by atoms with Crippen molar-refractivity contribution < 1.29 is 14.3 Å². The molecule has 1 aromatic heterocycles. The van der Waals surface area contributed by atoms with Crippen molar-refractivity contribution in [3.8, 4) is 28.8 Å². The second-order valence-electron chi connectivity index (χ2n) is 7.68. The van der Waals surface area contributed by atoms with Gasteiger partial charge < -0.3 is 14.8 Å². The highest BCUT2D eigenvalue weighted by Gasteiger charge is 2.15. The fraction of sp³-hybridized carbons (Fsp3) is 0.269. The van der Waals surface area contributed by atoms with E-state index in [2.05, 4.69) is 5.32 Å². The Bertz CT molecular complexity index is 1130. The smallest absolute Gasteiger partial charge is 0.261 e. The number of amides is 1. The number of aromatic nitrogens is 2. The zero-order valence-corrected chi connectivity index (χ0v) is 19.1. The molecule has 1 heterocycles. The monoisotopic (exact) mass is 444 g/mol. The van der Waals surface area contributed by atoms with Crippen LogP contribution in [0.25, 0.3) is 23.0 Å². The molecule has 3 aromatic rings. The molecule has 2 aromatic carbocycles. The summed E-state index contributed by atoms with van der Waals surface area (Å²) in [6.45, 7) is 4.92. The Labute approximate surface area is 194 Å². The molecular weight excluding hydrogens is 416 g/mol. The van der Waals surface area contributed by atoms with Crippen molar-refractivity contribution in [3.63, 3.8) is 0 Å². The van der Waals surface area contributed by atoms with Crippen molar-refractivity contribution in [1.82, 2.24) is 15.1 Å². The van der Waals surface area contributed by atoms with Gasteiger partial charge in [-0.25, -0.2) is 4.68 Å². The largest absolute Gasteiger partial charge is 0.491 e. The lowest BCUT2D eigenvalue weighted by Crippen LogP contribution is -2.26. The number of hydrogen-bond donors (Lipinski definition) is 1. The van der Waals surface area contributed by atoms with Crippen LogP contribution < -0.4 is 10.1 Å². The molecule has 0 saturated carbocycles. The molecule has 0 atom stereocenters. The third-order valence-electron chi connectivity index (χ3n) is 4.74. The third kappa shape index (κ3) is 6.55. The van der Waals surface area contributed by atoms with Crippen molar-refractivity contribution in [2.45, 2.75) is 26.4 Å². The van der Waals surface area contributed by atoms with Crippen molar-refractivity contribution in [2.24, 2.45) is 0 Å². The van der Waals surface area contributed by atoms with Crippen LogP contribution in [0.3, 0.4) is 0 Å². The first kappa shape index (κ1) is 23.8. The quantitative estimate of drug-likeness (QED) is 0.285. The van der Waals surface area contributed by atoms with Crippen LogP contribution in [-0.2, 0) is 9.53 Å². The summed E-state index contributed by atoms with van der Waals surface area (Å²) in [6, 6.07) is 19.3. The summed E-state index contributed by atoms with van der Waals surface area (Å²) >= 11 is 0. The lowest BCUT2D eigenvalue weighted by Gasteiger charge is -2.09. The molecule has 3 rings (SSSR count). The molecule has 33 heavy (non-hydrogen) atoms. The minimum atomic E-state index is -0.423. The molecule has 0 aliphatic carbocycles. The fourth-order valence-corrected chi connectivity index (χ4v) is 3.21. The van der Waals surface area contributed by atoms with E-state index in [1.807, 2.05) is 80.7 Å². The molecule has 0 saturated heterocycles. The number of para-hydroxylation sites is 1. The Morgan fingerprint density at radius 2 is 1.91 bits per heavy atom. The number of hydrogen-bond acceptors (Lipinski definition) is 5. The van der Waals surface area contributed by atoms with Crippen LogP contribution >= 0.6 is 0 Å². The van der Waals surface area contributed by atoms with E-state index in [1.165, 1.54) is 0 Å². The topological polar surface area (TPSA) is 89.2 Å². The predicted octanol–water partition coefficient (Wildman–Crippen LogP) is 4.39. The molecule has 0 spiro atoms. The Morgan fingerprint density at radius 3 is 2.55 bits per heavy atom. The Morgan fingerprint density at radius 1 is 1.18 bits per heavy atom. The van der Waals surface area contributed by atoms with Gasteiger partial charge in [0.1, 0.15) is 17.4 Å². The molecule has 1 amide bonds. The van der Waals surface area contributed by atoms with Gasteiger partial charge in [-0.2, -0.15) is 10.4 Å². The first-order chi connectivity index (χ1) is 16.0. The van der Waals surface area contributed by atoms with Crippen molar-refractivity contribution >= 4 is 12.0 Å². The average molecular weight is 445 g/mol. The first-order valence-electron chi connectivity index (χ1n) is 10.8. The molecule has 7 heteroatoms. The molecular formula is C26H28N4O3. The number of methoxy groups -OCH3 is 1. The number of benzene rings is 2. The van der Waals surface area contributed by atoms with E-state index in [0.717, 1.165) is 17.0 Å². The van der Waals surface area contributed by atoms with E-state index in [1.54, 1.807) is 17.9 Å². The van der Waals surface area contributed by atoms with Crippen LogP contribution in [0.2, 0.25) is 0 Å². The van der Waals surface area contributed by atoms with Gasteiger partial charge >= 0.3 is 0 Å². The van der Waals surface area contributed by atoms with E-state index < -0.39 is 5.91 Å². The lowest BCUT2D eigenvalue weighted by atomic mass is 10.1. The minimum Gasteiger partial charge on any atom is -0.491 e. The first-order valence-corrected chi connectivity index (χ1v) is 10.8. The molecule has 1 N–H and O–H groups in total. The standard InChI is InChI=1S/C26H28N4O3/c1-19(2)33-24-12-10-20(11-13-24)25-22(18-30(29-25)23-8-5-4-6-9-23)16-21(17-27)26(31)28-14-7-15-32-3/h4-6,8-13,16,18-19H,7,14-15H2,1-3H3,(H,28,31)/b21-16+. The number of nitrogens with zero attached hydrogens (tertiary/aromatic N) is 3. The van der Waals surface area contributed by atoms with Gasteiger partial charge in [0.25, 0.3) is 5.91 Å². The number of carbonyl (C=O) groups is 1. The Hall–Kier alpha value is -3.89. The number of ether oxygens (including phenoxy) is 2. The molecule has 0 aliphatic rings. The fourth-order valence-electron chi connectivity index (χ4n) is 3.21. The van der Waals surface area contributed by atoms with Gasteiger partial charge in [0.2, 0.25) is 0 Å². The summed E-state index contributed by atoms with van der Waals surface area (Å²) in [7, 11) is 1.61. The maximum Gasteiger partial charge on any atom is 0.261 e. The van der Waals surface area contributed by atoms with Crippen molar-refractivity contribution in [2.75, 3.05) is 20.3 Å². The SMILES string of the molecule is COCCCNC(=O)/C(C#N)=C/c1cn(-c2ccccc2)nc1-c1ccc(OC(C)C)cc1. The van der Waals surface area contributed by atoms with Gasteiger partial charge in [-0.3, -0.25) is 4.79 Å². The van der Waals surface area contributed by atoms with Gasteiger partial charge in [0.05, 0.1) is 17.5 Å². The molecule has 0 unspecified atom stereocenters. The second kappa shape index (κ2) is 11.7. The van der Waals surface area contributed by atoms with Crippen LogP contribution in [-0.4, -0.2) is 42.1 Å². The van der Waals surface area contributed by atoms with Crippen LogP contribution in [0, 0.1) is 11.3 Å². The normalized spacial score (nSPS) is 11.3. The van der Waals surface area contributed by atoms with Crippen LogP contribution in [0.1, 0.15) is 25.8 Å². The Kier molecular flexibility index (Phi) is 8.39. The maximum absolute atomic E-state index is 12.5. The second-order valence-corrected chi connectivity index (χ2v) is 7.68. The van der Waals surface area contributed by atoms with E-state index in [4.69, 9.17) is 14.6 Å². The van der Waals surface area contributed by atoms with Crippen LogP contribution in [0.15, 0.2) is 66.4 Å². The zero-order valence-electron chi connectivity index (χ0n) is 19.1. The summed E-state index contributed by atoms with van der Waals surface area (Å²) in [4.78, 5) is 12.5. The summed E-state index contributed by atoms with van der Waals surface area (Å²) in [5.74, 6) is 0.342. The minimum absolute atomic E-state index is 0.0149. The van der Waals surface area contributed by atoms with Crippen molar-refractivity contribution in [1.29, 1.82) is 5.26 Å². The summed E-state index contributed by atoms with van der Waals surface area (Å²) in [6.07, 6.45) is 4.14. The summed E-state index contributed by atoms with van der Waals surface area (Å²) in [5, 5.41) is 17.1. The van der Waals surface area contributed by atoms with Gasteiger partial charge in [0.15, 0.2) is 0 Å². The summed E-state index contributed by atoms with van der Waals surface area (Å²) < 4.78 is 12.5. The van der Waals surface area contributed by atoms with Gasteiger partial charge in [-0.15, -0.1) is 0 Å². The number of rotatable bonds is 10. The maximum atomic E-state index is 12.5. The predicted molar refractivity (Wildman–Crippen MR) is 128 cm³/mol. The zero-order chi connectivity index (χ0) is 23.6. The van der Waals surface area contributed by atoms with E-state index in [0.29, 0.717) is 30.8 Å². The molecule has 0 bridgehead atoms. The highest BCUT2D eigenvalue weighted by Crippen LogP contribution is 2.28. The molecule has 0 aliphatic heterocycles. The van der Waals surface area contributed by atoms with Crippen LogP contribution in [0.4, 0.5) is 0 Å². The summed E-state index contributed by atoms with van der Waals surface area (Å²) in [5.41, 5.74) is 3.07. The van der Waals surface area contributed by atoms with Gasteiger partial charge in [-0.1, -0.05) is 18.2 Å². The van der Waals surface area contributed by atoms with Crippen molar-refractivity contribution in [3.05, 3.63) is 71.9 Å². The molecule has 7 nitrogen and oxygen atoms in total. The van der Waals surface area contributed by atoms with E-state index in [9.17, 15) is 10.1 Å². The molecule has 170 valence electrons.